The molecule has 0 spiro atoms. The fourth-order valence-corrected chi connectivity index (χ4v) is 1.58. The Morgan fingerprint density at radius 2 is 2.35 bits per heavy atom. The van der Waals surface area contributed by atoms with Crippen LogP contribution in [0.1, 0.15) is 24.6 Å². The molecule has 1 amide bonds. The molecule has 1 heterocycles. The molecule has 1 saturated carbocycles. The minimum atomic E-state index is -0.166. The molecule has 92 valence electrons. The van der Waals surface area contributed by atoms with Crippen molar-refractivity contribution in [3.8, 4) is 0 Å². The Kier molecular flexibility index (Phi) is 3.12. The van der Waals surface area contributed by atoms with E-state index in [1.807, 2.05) is 0 Å². The Hall–Kier alpha value is -1.85. The lowest BCUT2D eigenvalue weighted by molar-refractivity contribution is -0.119. The zero-order chi connectivity index (χ0) is 12.4. The van der Waals surface area contributed by atoms with E-state index in [1.54, 1.807) is 19.0 Å². The van der Waals surface area contributed by atoms with Gasteiger partial charge in [-0.3, -0.25) is 9.59 Å². The van der Waals surface area contributed by atoms with Crippen molar-refractivity contribution >= 4 is 11.7 Å². The standard InChI is InChI=1S/C11H16N4O2/c1-12-10(17)6-15(2)8-5-9(16)14-11(13-8)7-3-4-7/h5,7H,3-4,6H2,1-2H3,(H,12,17)(H,13,14,16). The highest BCUT2D eigenvalue weighted by molar-refractivity contribution is 5.80. The van der Waals surface area contributed by atoms with Gasteiger partial charge in [-0.05, 0) is 12.8 Å². The lowest BCUT2D eigenvalue weighted by Crippen LogP contribution is -2.34. The van der Waals surface area contributed by atoms with Crippen LogP contribution >= 0.6 is 0 Å². The normalized spacial score (nSPS) is 14.5. The zero-order valence-corrected chi connectivity index (χ0v) is 9.99. The van der Waals surface area contributed by atoms with E-state index in [4.69, 9.17) is 0 Å². The molecule has 17 heavy (non-hydrogen) atoms. The Morgan fingerprint density at radius 1 is 1.65 bits per heavy atom. The van der Waals surface area contributed by atoms with Gasteiger partial charge in [0.05, 0.1) is 6.54 Å². The molecular weight excluding hydrogens is 220 g/mol. The first-order valence-electron chi connectivity index (χ1n) is 5.63. The van der Waals surface area contributed by atoms with Crippen LogP contribution in [0.3, 0.4) is 0 Å². The summed E-state index contributed by atoms with van der Waals surface area (Å²) in [7, 11) is 3.32. The number of likely N-dealkylation sites (N-methyl/N-ethyl adjacent to an activating group) is 2. The smallest absolute Gasteiger partial charge is 0.252 e. The maximum Gasteiger partial charge on any atom is 0.252 e. The zero-order valence-electron chi connectivity index (χ0n) is 9.99. The number of amides is 1. The average molecular weight is 236 g/mol. The van der Waals surface area contributed by atoms with Crippen LogP contribution in [0.5, 0.6) is 0 Å². The lowest BCUT2D eigenvalue weighted by atomic mass is 10.3. The van der Waals surface area contributed by atoms with Crippen LogP contribution in [-0.2, 0) is 4.79 Å². The summed E-state index contributed by atoms with van der Waals surface area (Å²) < 4.78 is 0. The molecule has 1 fully saturated rings. The highest BCUT2D eigenvalue weighted by Gasteiger charge is 2.26. The summed E-state index contributed by atoms with van der Waals surface area (Å²) in [6, 6.07) is 1.41. The van der Waals surface area contributed by atoms with Crippen LogP contribution < -0.4 is 15.8 Å². The Labute approximate surface area is 99.1 Å². The van der Waals surface area contributed by atoms with Gasteiger partial charge in [0.15, 0.2) is 0 Å². The van der Waals surface area contributed by atoms with E-state index in [1.165, 1.54) is 6.07 Å². The fourth-order valence-electron chi connectivity index (χ4n) is 1.58. The summed E-state index contributed by atoms with van der Waals surface area (Å²) in [6.07, 6.45) is 2.15. The number of aromatic nitrogens is 2. The summed E-state index contributed by atoms with van der Waals surface area (Å²) in [5.74, 6) is 1.55. The van der Waals surface area contributed by atoms with Gasteiger partial charge in [0, 0.05) is 26.1 Å². The third-order valence-corrected chi connectivity index (χ3v) is 2.76. The molecule has 2 N–H and O–H groups in total. The minimum absolute atomic E-state index is 0.109. The summed E-state index contributed by atoms with van der Waals surface area (Å²) in [6.45, 7) is 0.192. The number of carbonyl (C=O) groups excluding carboxylic acids is 1. The molecule has 1 aliphatic carbocycles. The van der Waals surface area contributed by atoms with E-state index in [0.29, 0.717) is 11.7 Å². The third-order valence-electron chi connectivity index (χ3n) is 2.76. The van der Waals surface area contributed by atoms with Crippen molar-refractivity contribution in [2.45, 2.75) is 18.8 Å². The van der Waals surface area contributed by atoms with Gasteiger partial charge in [0.25, 0.3) is 5.56 Å². The maximum absolute atomic E-state index is 11.5. The number of hydrogen-bond acceptors (Lipinski definition) is 4. The predicted octanol–water partition coefficient (Wildman–Crippen LogP) is -0.171. The molecule has 6 heteroatoms. The molecule has 0 aliphatic heterocycles. The lowest BCUT2D eigenvalue weighted by Gasteiger charge is -2.17. The summed E-state index contributed by atoms with van der Waals surface area (Å²) in [4.78, 5) is 31.5. The van der Waals surface area contributed by atoms with Gasteiger partial charge < -0.3 is 15.2 Å². The largest absolute Gasteiger partial charge is 0.358 e. The second-order valence-corrected chi connectivity index (χ2v) is 4.29. The van der Waals surface area contributed by atoms with E-state index >= 15 is 0 Å². The molecular formula is C11H16N4O2. The Bertz CT molecular complexity index is 479. The van der Waals surface area contributed by atoms with Crippen molar-refractivity contribution in [3.63, 3.8) is 0 Å². The van der Waals surface area contributed by atoms with Gasteiger partial charge in [-0.1, -0.05) is 0 Å². The monoisotopic (exact) mass is 236 g/mol. The molecule has 0 atom stereocenters. The first-order chi connectivity index (χ1) is 8.10. The number of nitrogens with one attached hydrogen (secondary N) is 2. The van der Waals surface area contributed by atoms with E-state index in [0.717, 1.165) is 18.7 Å². The quantitative estimate of drug-likeness (QED) is 0.760. The van der Waals surface area contributed by atoms with Crippen molar-refractivity contribution in [2.24, 2.45) is 0 Å². The summed E-state index contributed by atoms with van der Waals surface area (Å²) in [5, 5.41) is 2.54. The first kappa shape index (κ1) is 11.6. The van der Waals surface area contributed by atoms with Gasteiger partial charge in [0.1, 0.15) is 11.6 Å². The Morgan fingerprint density at radius 3 is 2.94 bits per heavy atom. The molecule has 0 saturated heterocycles. The molecule has 2 rings (SSSR count). The number of nitrogens with zero attached hydrogens (tertiary/aromatic N) is 2. The van der Waals surface area contributed by atoms with Crippen LogP contribution in [0, 0.1) is 0 Å². The van der Waals surface area contributed by atoms with Gasteiger partial charge in [-0.15, -0.1) is 0 Å². The van der Waals surface area contributed by atoms with E-state index < -0.39 is 0 Å². The predicted molar refractivity (Wildman–Crippen MR) is 64.2 cm³/mol. The van der Waals surface area contributed by atoms with Crippen molar-refractivity contribution in [3.05, 3.63) is 22.2 Å². The number of carbonyl (C=O) groups is 1. The molecule has 0 radical (unpaired) electrons. The van der Waals surface area contributed by atoms with Crippen LogP contribution in [0.25, 0.3) is 0 Å². The van der Waals surface area contributed by atoms with Gasteiger partial charge in [0.2, 0.25) is 5.91 Å². The van der Waals surface area contributed by atoms with Gasteiger partial charge in [-0.25, -0.2) is 4.98 Å². The van der Waals surface area contributed by atoms with Crippen LogP contribution in [0.15, 0.2) is 10.9 Å². The van der Waals surface area contributed by atoms with Crippen molar-refractivity contribution in [1.29, 1.82) is 0 Å². The first-order valence-corrected chi connectivity index (χ1v) is 5.63. The molecule has 0 unspecified atom stereocenters. The second-order valence-electron chi connectivity index (χ2n) is 4.29. The van der Waals surface area contributed by atoms with Gasteiger partial charge in [-0.2, -0.15) is 0 Å². The second kappa shape index (κ2) is 4.57. The topological polar surface area (TPSA) is 78.1 Å². The molecule has 1 aromatic heterocycles. The highest BCUT2D eigenvalue weighted by atomic mass is 16.2. The maximum atomic E-state index is 11.5. The van der Waals surface area contributed by atoms with E-state index in [-0.39, 0.29) is 18.0 Å². The minimum Gasteiger partial charge on any atom is -0.358 e. The van der Waals surface area contributed by atoms with Crippen molar-refractivity contribution in [1.82, 2.24) is 15.3 Å². The van der Waals surface area contributed by atoms with Gasteiger partial charge >= 0.3 is 0 Å². The fraction of sp³-hybridized carbons (Fsp3) is 0.545. The summed E-state index contributed by atoms with van der Waals surface area (Å²) in [5.41, 5.74) is -0.166. The third kappa shape index (κ3) is 2.83. The van der Waals surface area contributed by atoms with E-state index in [9.17, 15) is 9.59 Å². The number of rotatable bonds is 4. The summed E-state index contributed by atoms with van der Waals surface area (Å²) >= 11 is 0. The average Bonchev–Trinajstić information content (AvgIpc) is 3.11. The molecule has 1 aliphatic rings. The van der Waals surface area contributed by atoms with Crippen LogP contribution in [0.4, 0.5) is 5.82 Å². The van der Waals surface area contributed by atoms with Crippen LogP contribution in [-0.4, -0.2) is 36.5 Å². The van der Waals surface area contributed by atoms with Crippen LogP contribution in [0.2, 0.25) is 0 Å². The van der Waals surface area contributed by atoms with Crippen molar-refractivity contribution < 1.29 is 4.79 Å². The molecule has 1 aromatic rings. The SMILES string of the molecule is CNC(=O)CN(C)c1cc(=O)[nH]c(C2CC2)n1. The highest BCUT2D eigenvalue weighted by Crippen LogP contribution is 2.37. The molecule has 0 bridgehead atoms. The van der Waals surface area contributed by atoms with Crippen molar-refractivity contribution in [2.75, 3.05) is 25.5 Å². The Balaban J connectivity index is 2.19. The number of anilines is 1. The van der Waals surface area contributed by atoms with E-state index in [2.05, 4.69) is 15.3 Å². The molecule has 6 nitrogen and oxygen atoms in total. The number of aromatic amines is 1. The number of H-pyrrole nitrogens is 1. The molecule has 0 aromatic carbocycles. The number of hydrogen-bond donors (Lipinski definition) is 2.